The Morgan fingerprint density at radius 3 is 2.68 bits per heavy atom. The lowest BCUT2D eigenvalue weighted by Gasteiger charge is -2.22. The fourth-order valence-corrected chi connectivity index (χ4v) is 4.30. The number of rotatable bonds is 5. The summed E-state index contributed by atoms with van der Waals surface area (Å²) in [5.41, 5.74) is -0.0830. The van der Waals surface area contributed by atoms with Crippen molar-refractivity contribution in [3.8, 4) is 0 Å². The summed E-state index contributed by atoms with van der Waals surface area (Å²) in [5.74, 6) is -1.93. The first-order valence-electron chi connectivity index (χ1n) is 6.90. The minimum Gasteiger partial charge on any atom is -0.480 e. The molecular formula is C14H17NO6S. The molecule has 1 fully saturated rings. The molecule has 0 bridgehead atoms. The molecule has 0 amide bonds. The highest BCUT2D eigenvalue weighted by Gasteiger charge is 2.40. The molecule has 0 spiro atoms. The first kappa shape index (κ1) is 16.4. The van der Waals surface area contributed by atoms with E-state index in [4.69, 9.17) is 9.84 Å². The molecule has 1 aliphatic heterocycles. The molecule has 2 rings (SSSR count). The molecule has 8 heteroatoms. The number of esters is 1. The number of hydrogen-bond donors (Lipinski definition) is 1. The fraction of sp³-hybridized carbons (Fsp3) is 0.429. The van der Waals surface area contributed by atoms with Crippen molar-refractivity contribution >= 4 is 22.0 Å². The number of sulfonamides is 1. The molecule has 22 heavy (non-hydrogen) atoms. The molecule has 0 aromatic heterocycles. The van der Waals surface area contributed by atoms with Crippen molar-refractivity contribution in [1.82, 2.24) is 4.31 Å². The van der Waals surface area contributed by atoms with Crippen LogP contribution in [0, 0.1) is 0 Å². The van der Waals surface area contributed by atoms with Gasteiger partial charge in [0.05, 0.1) is 17.1 Å². The maximum absolute atomic E-state index is 12.7. The van der Waals surface area contributed by atoms with Crippen LogP contribution < -0.4 is 0 Å². The molecular weight excluding hydrogens is 310 g/mol. The third kappa shape index (κ3) is 2.97. The third-order valence-corrected chi connectivity index (χ3v) is 5.42. The largest absolute Gasteiger partial charge is 0.480 e. The summed E-state index contributed by atoms with van der Waals surface area (Å²) in [4.78, 5) is 22.9. The van der Waals surface area contributed by atoms with Crippen molar-refractivity contribution in [2.24, 2.45) is 0 Å². The second kappa shape index (κ2) is 6.45. The number of carboxylic acids is 1. The van der Waals surface area contributed by atoms with E-state index in [0.717, 1.165) is 4.31 Å². The first-order valence-corrected chi connectivity index (χ1v) is 8.34. The van der Waals surface area contributed by atoms with Gasteiger partial charge in [0.1, 0.15) is 6.04 Å². The number of hydrogen-bond acceptors (Lipinski definition) is 5. The highest BCUT2D eigenvalue weighted by atomic mass is 32.2. The van der Waals surface area contributed by atoms with Gasteiger partial charge in [0.2, 0.25) is 10.0 Å². The van der Waals surface area contributed by atoms with Crippen LogP contribution in [-0.4, -0.2) is 49.0 Å². The molecule has 1 heterocycles. The van der Waals surface area contributed by atoms with Gasteiger partial charge in [-0.3, -0.25) is 4.79 Å². The Balaban J connectivity index is 2.46. The van der Waals surface area contributed by atoms with Crippen molar-refractivity contribution in [2.75, 3.05) is 13.2 Å². The van der Waals surface area contributed by atoms with Gasteiger partial charge in [0.15, 0.2) is 0 Å². The molecule has 1 aliphatic rings. The fourth-order valence-electron chi connectivity index (χ4n) is 2.47. The van der Waals surface area contributed by atoms with Crippen LogP contribution >= 0.6 is 0 Å². The van der Waals surface area contributed by atoms with E-state index in [1.807, 2.05) is 0 Å². The van der Waals surface area contributed by atoms with Crippen LogP contribution in [0.2, 0.25) is 0 Å². The Kier molecular flexibility index (Phi) is 4.82. The molecule has 1 N–H and O–H groups in total. The minimum atomic E-state index is -4.08. The van der Waals surface area contributed by atoms with E-state index < -0.39 is 28.0 Å². The van der Waals surface area contributed by atoms with Crippen LogP contribution in [0.1, 0.15) is 30.1 Å². The van der Waals surface area contributed by atoms with Crippen LogP contribution in [0.5, 0.6) is 0 Å². The molecule has 0 aliphatic carbocycles. The molecule has 1 unspecified atom stereocenters. The Bertz CT molecular complexity index is 684. The lowest BCUT2D eigenvalue weighted by Crippen LogP contribution is -2.40. The van der Waals surface area contributed by atoms with Crippen LogP contribution in [0.4, 0.5) is 0 Å². The quantitative estimate of drug-likeness (QED) is 0.813. The number of carboxylic acid groups (broad SMARTS) is 1. The normalized spacial score (nSPS) is 19.0. The third-order valence-electron chi connectivity index (χ3n) is 3.46. The average molecular weight is 327 g/mol. The summed E-state index contributed by atoms with van der Waals surface area (Å²) in [7, 11) is -4.08. The predicted molar refractivity (Wildman–Crippen MR) is 76.9 cm³/mol. The van der Waals surface area contributed by atoms with Gasteiger partial charge in [-0.1, -0.05) is 12.1 Å². The van der Waals surface area contributed by atoms with E-state index in [0.29, 0.717) is 6.42 Å². The van der Waals surface area contributed by atoms with E-state index in [-0.39, 0.29) is 30.0 Å². The summed E-state index contributed by atoms with van der Waals surface area (Å²) in [6.07, 6.45) is 0.730. The smallest absolute Gasteiger partial charge is 0.339 e. The van der Waals surface area contributed by atoms with Crippen molar-refractivity contribution < 1.29 is 27.9 Å². The minimum absolute atomic E-state index is 0.0830. The van der Waals surface area contributed by atoms with Crippen LogP contribution in [0.15, 0.2) is 29.2 Å². The Hall–Kier alpha value is -1.93. The molecule has 1 aromatic carbocycles. The second-order valence-corrected chi connectivity index (χ2v) is 6.69. The summed E-state index contributed by atoms with van der Waals surface area (Å²) < 4.78 is 31.3. The summed E-state index contributed by atoms with van der Waals surface area (Å²) >= 11 is 0. The summed E-state index contributed by atoms with van der Waals surface area (Å²) in [6.45, 7) is 1.86. The van der Waals surface area contributed by atoms with Gasteiger partial charge in [0, 0.05) is 6.54 Å². The molecule has 0 saturated carbocycles. The van der Waals surface area contributed by atoms with Crippen LogP contribution in [-0.2, 0) is 19.6 Å². The number of aliphatic carboxylic acids is 1. The van der Waals surface area contributed by atoms with Crippen molar-refractivity contribution in [1.29, 1.82) is 0 Å². The predicted octanol–water partition coefficient (Wildman–Crippen LogP) is 1.10. The van der Waals surface area contributed by atoms with Gasteiger partial charge in [-0.2, -0.15) is 4.31 Å². The Morgan fingerprint density at radius 1 is 1.36 bits per heavy atom. The van der Waals surface area contributed by atoms with Gasteiger partial charge < -0.3 is 9.84 Å². The molecule has 1 atom stereocenters. The lowest BCUT2D eigenvalue weighted by atomic mass is 10.2. The van der Waals surface area contributed by atoms with Gasteiger partial charge in [-0.15, -0.1) is 0 Å². The zero-order valence-electron chi connectivity index (χ0n) is 12.1. The van der Waals surface area contributed by atoms with E-state index in [1.54, 1.807) is 6.92 Å². The maximum Gasteiger partial charge on any atom is 0.339 e. The molecule has 7 nitrogen and oxygen atoms in total. The summed E-state index contributed by atoms with van der Waals surface area (Å²) in [6, 6.07) is 4.57. The van der Waals surface area contributed by atoms with E-state index >= 15 is 0 Å². The van der Waals surface area contributed by atoms with Crippen LogP contribution in [0.3, 0.4) is 0 Å². The molecule has 120 valence electrons. The number of carbonyl (C=O) groups excluding carboxylic acids is 1. The first-order chi connectivity index (χ1) is 10.4. The number of nitrogens with zero attached hydrogens (tertiary/aromatic N) is 1. The van der Waals surface area contributed by atoms with Crippen molar-refractivity contribution in [3.63, 3.8) is 0 Å². The van der Waals surface area contributed by atoms with Crippen molar-refractivity contribution in [3.05, 3.63) is 29.8 Å². The van der Waals surface area contributed by atoms with E-state index in [1.165, 1.54) is 24.3 Å². The van der Waals surface area contributed by atoms with Gasteiger partial charge >= 0.3 is 11.9 Å². The molecule has 1 aromatic rings. The topological polar surface area (TPSA) is 101 Å². The Morgan fingerprint density at radius 2 is 2.05 bits per heavy atom. The van der Waals surface area contributed by atoms with E-state index in [2.05, 4.69) is 0 Å². The monoisotopic (exact) mass is 327 g/mol. The maximum atomic E-state index is 12.7. The summed E-state index contributed by atoms with van der Waals surface area (Å²) in [5, 5.41) is 9.16. The lowest BCUT2D eigenvalue weighted by molar-refractivity contribution is -0.140. The SMILES string of the molecule is CCOC(=O)c1ccccc1S(=O)(=O)N1CCCC1C(=O)O. The molecule has 1 saturated heterocycles. The van der Waals surface area contributed by atoms with Crippen LogP contribution in [0.25, 0.3) is 0 Å². The Labute approximate surface area is 128 Å². The van der Waals surface area contributed by atoms with Gasteiger partial charge in [-0.05, 0) is 31.9 Å². The average Bonchev–Trinajstić information content (AvgIpc) is 2.98. The zero-order valence-corrected chi connectivity index (χ0v) is 12.9. The van der Waals surface area contributed by atoms with Gasteiger partial charge in [0.25, 0.3) is 0 Å². The highest BCUT2D eigenvalue weighted by Crippen LogP contribution is 2.28. The molecule has 0 radical (unpaired) electrons. The second-order valence-electron chi connectivity index (χ2n) is 4.83. The number of carbonyl (C=O) groups is 2. The standard InChI is InChI=1S/C14H17NO6S/c1-2-21-14(18)10-6-3-4-8-12(10)22(19,20)15-9-5-7-11(15)13(16)17/h3-4,6,8,11H,2,5,7,9H2,1H3,(H,16,17). The number of benzene rings is 1. The van der Waals surface area contributed by atoms with E-state index in [9.17, 15) is 18.0 Å². The van der Waals surface area contributed by atoms with Crippen molar-refractivity contribution in [2.45, 2.75) is 30.7 Å². The number of ether oxygens (including phenoxy) is 1. The zero-order chi connectivity index (χ0) is 16.3. The van der Waals surface area contributed by atoms with Gasteiger partial charge in [-0.25, -0.2) is 13.2 Å². The highest BCUT2D eigenvalue weighted by molar-refractivity contribution is 7.89.